The maximum atomic E-state index is 12.0. The first-order chi connectivity index (χ1) is 6.83. The van der Waals surface area contributed by atoms with Crippen molar-refractivity contribution in [2.75, 3.05) is 0 Å². The van der Waals surface area contributed by atoms with Crippen molar-refractivity contribution in [3.8, 4) is 0 Å². The van der Waals surface area contributed by atoms with Gasteiger partial charge < -0.3 is 0 Å². The number of carbonyl (C=O) groups is 1. The van der Waals surface area contributed by atoms with E-state index in [1.807, 2.05) is 0 Å². The molecule has 0 aliphatic heterocycles. The summed E-state index contributed by atoms with van der Waals surface area (Å²) in [5, 5.41) is 0. The van der Waals surface area contributed by atoms with Crippen molar-refractivity contribution in [2.45, 2.75) is 57.8 Å². The van der Waals surface area contributed by atoms with Gasteiger partial charge in [-0.3, -0.25) is 4.79 Å². The number of rotatable bonds is 0. The summed E-state index contributed by atoms with van der Waals surface area (Å²) in [5.41, 5.74) is 0.508. The zero-order valence-electron chi connectivity index (χ0n) is 8.93. The molecule has 0 bridgehead atoms. The monoisotopic (exact) mass is 192 g/mol. The smallest absolute Gasteiger partial charge is 0.136 e. The van der Waals surface area contributed by atoms with Crippen LogP contribution in [0.3, 0.4) is 0 Å². The third-order valence-corrected chi connectivity index (χ3v) is 5.17. The van der Waals surface area contributed by atoms with Gasteiger partial charge in [-0.15, -0.1) is 0 Å². The average molecular weight is 192 g/mol. The highest BCUT2D eigenvalue weighted by Crippen LogP contribution is 2.60. The molecule has 78 valence electrons. The molecule has 3 fully saturated rings. The highest BCUT2D eigenvalue weighted by Gasteiger charge is 2.55. The van der Waals surface area contributed by atoms with Gasteiger partial charge in [-0.2, -0.15) is 0 Å². The average Bonchev–Trinajstić information content (AvgIpc) is 2.51. The molecule has 0 N–H and O–H groups in total. The molecule has 0 aromatic carbocycles. The van der Waals surface area contributed by atoms with Crippen LogP contribution in [-0.2, 0) is 4.79 Å². The van der Waals surface area contributed by atoms with Crippen molar-refractivity contribution in [2.24, 2.45) is 17.3 Å². The van der Waals surface area contributed by atoms with Crippen LogP contribution >= 0.6 is 0 Å². The fourth-order valence-corrected chi connectivity index (χ4v) is 4.56. The maximum absolute atomic E-state index is 12.0. The Morgan fingerprint density at radius 3 is 2.50 bits per heavy atom. The lowest BCUT2D eigenvalue weighted by atomic mass is 9.58. The number of Topliss-reactive ketones (excluding diaryl/α,β-unsaturated/α-hetero) is 1. The minimum Gasteiger partial charge on any atom is -0.299 e. The molecule has 1 nitrogen and oxygen atoms in total. The minimum absolute atomic E-state index is 0.488. The van der Waals surface area contributed by atoms with E-state index in [4.69, 9.17) is 0 Å². The van der Waals surface area contributed by atoms with Gasteiger partial charge in [0.25, 0.3) is 0 Å². The fourth-order valence-electron chi connectivity index (χ4n) is 4.56. The van der Waals surface area contributed by atoms with Crippen LogP contribution in [0.5, 0.6) is 0 Å². The van der Waals surface area contributed by atoms with Crippen LogP contribution < -0.4 is 0 Å². The van der Waals surface area contributed by atoms with Crippen LogP contribution in [0.2, 0.25) is 0 Å². The molecular formula is C13H20O. The van der Waals surface area contributed by atoms with Crippen molar-refractivity contribution in [1.82, 2.24) is 0 Å². The maximum Gasteiger partial charge on any atom is 0.136 e. The second kappa shape index (κ2) is 3.08. The van der Waals surface area contributed by atoms with Crippen LogP contribution in [0.4, 0.5) is 0 Å². The van der Waals surface area contributed by atoms with Gasteiger partial charge in [0.05, 0.1) is 0 Å². The Morgan fingerprint density at radius 1 is 1.00 bits per heavy atom. The van der Waals surface area contributed by atoms with Gasteiger partial charge in [-0.05, 0) is 37.0 Å². The topological polar surface area (TPSA) is 17.1 Å². The molecule has 0 radical (unpaired) electrons. The van der Waals surface area contributed by atoms with Gasteiger partial charge in [-0.25, -0.2) is 0 Å². The summed E-state index contributed by atoms with van der Waals surface area (Å²) in [6, 6.07) is 0. The van der Waals surface area contributed by atoms with E-state index in [-0.39, 0.29) is 0 Å². The van der Waals surface area contributed by atoms with Crippen LogP contribution in [0.15, 0.2) is 0 Å². The molecule has 3 atom stereocenters. The lowest BCUT2D eigenvalue weighted by molar-refractivity contribution is -0.123. The van der Waals surface area contributed by atoms with Crippen molar-refractivity contribution in [3.63, 3.8) is 0 Å². The van der Waals surface area contributed by atoms with E-state index in [0.29, 0.717) is 17.1 Å². The van der Waals surface area contributed by atoms with E-state index in [0.717, 1.165) is 12.3 Å². The number of hydrogen-bond acceptors (Lipinski definition) is 1. The summed E-state index contributed by atoms with van der Waals surface area (Å²) >= 11 is 0. The molecule has 0 aromatic heterocycles. The summed E-state index contributed by atoms with van der Waals surface area (Å²) in [5.74, 6) is 1.90. The third kappa shape index (κ3) is 1.04. The Morgan fingerprint density at radius 2 is 1.71 bits per heavy atom. The first kappa shape index (κ1) is 8.94. The molecule has 3 aliphatic carbocycles. The van der Waals surface area contributed by atoms with E-state index in [9.17, 15) is 4.79 Å². The molecule has 1 spiro atoms. The molecule has 0 amide bonds. The zero-order valence-corrected chi connectivity index (χ0v) is 8.93. The van der Waals surface area contributed by atoms with Gasteiger partial charge >= 0.3 is 0 Å². The summed E-state index contributed by atoms with van der Waals surface area (Å²) in [6.45, 7) is 0. The standard InChI is InChI=1S/C13H20O/c14-12-9-10-5-1-3-7-13(10)8-4-2-6-11(12)13/h10-11H,1-9H2/t10-,11-,13+/m1/s1. The van der Waals surface area contributed by atoms with Gasteiger partial charge in [-0.1, -0.05) is 25.7 Å². The van der Waals surface area contributed by atoms with Crippen molar-refractivity contribution in [1.29, 1.82) is 0 Å². The molecule has 3 rings (SSSR count). The number of carbonyl (C=O) groups excluding carboxylic acids is 1. The molecule has 3 saturated carbocycles. The molecule has 0 aromatic rings. The van der Waals surface area contributed by atoms with E-state index in [1.54, 1.807) is 0 Å². The molecule has 0 saturated heterocycles. The quantitative estimate of drug-likeness (QED) is 0.575. The Bertz CT molecular complexity index is 252. The molecular weight excluding hydrogens is 172 g/mol. The largest absolute Gasteiger partial charge is 0.299 e. The number of hydrogen-bond donors (Lipinski definition) is 0. The Kier molecular flexibility index (Phi) is 1.97. The summed E-state index contributed by atoms with van der Waals surface area (Å²) < 4.78 is 0. The number of ketones is 1. The zero-order chi connectivity index (χ0) is 9.60. The summed E-state index contributed by atoms with van der Waals surface area (Å²) in [4.78, 5) is 12.0. The van der Waals surface area contributed by atoms with Gasteiger partial charge in [0.15, 0.2) is 0 Å². The van der Waals surface area contributed by atoms with Crippen molar-refractivity contribution in [3.05, 3.63) is 0 Å². The first-order valence-corrected chi connectivity index (χ1v) is 6.36. The second-order valence-electron chi connectivity index (χ2n) is 5.64. The molecule has 0 unspecified atom stereocenters. The van der Waals surface area contributed by atoms with Crippen LogP contribution in [-0.4, -0.2) is 5.78 Å². The Balaban J connectivity index is 1.95. The Labute approximate surface area is 86.3 Å². The van der Waals surface area contributed by atoms with Crippen molar-refractivity contribution < 1.29 is 4.79 Å². The Hall–Kier alpha value is -0.330. The summed E-state index contributed by atoms with van der Waals surface area (Å²) in [7, 11) is 0. The molecule has 0 heterocycles. The fraction of sp³-hybridized carbons (Fsp3) is 0.923. The van der Waals surface area contributed by atoms with E-state index < -0.39 is 0 Å². The van der Waals surface area contributed by atoms with Gasteiger partial charge in [0.1, 0.15) is 5.78 Å². The SMILES string of the molecule is O=C1C[C@H]2CCCC[C@]23CCCC[C@H]13. The first-order valence-electron chi connectivity index (χ1n) is 6.36. The van der Waals surface area contributed by atoms with Gasteiger partial charge in [0, 0.05) is 12.3 Å². The lowest BCUT2D eigenvalue weighted by Crippen LogP contribution is -2.38. The molecule has 14 heavy (non-hydrogen) atoms. The highest BCUT2D eigenvalue weighted by molar-refractivity contribution is 5.85. The van der Waals surface area contributed by atoms with E-state index >= 15 is 0 Å². The van der Waals surface area contributed by atoms with Crippen LogP contribution in [0.25, 0.3) is 0 Å². The molecule has 3 aliphatic rings. The molecule has 1 heteroatoms. The van der Waals surface area contributed by atoms with Crippen LogP contribution in [0, 0.1) is 17.3 Å². The normalized spacial score (nSPS) is 47.3. The third-order valence-electron chi connectivity index (χ3n) is 5.17. The second-order valence-corrected chi connectivity index (χ2v) is 5.64. The van der Waals surface area contributed by atoms with E-state index in [2.05, 4.69) is 0 Å². The van der Waals surface area contributed by atoms with Crippen LogP contribution in [0.1, 0.15) is 57.8 Å². The predicted octanol–water partition coefficient (Wildman–Crippen LogP) is 3.33. The highest BCUT2D eigenvalue weighted by atomic mass is 16.1. The van der Waals surface area contributed by atoms with Gasteiger partial charge in [0.2, 0.25) is 0 Å². The lowest BCUT2D eigenvalue weighted by Gasteiger charge is -2.45. The predicted molar refractivity (Wildman–Crippen MR) is 56.0 cm³/mol. The minimum atomic E-state index is 0.488. The summed E-state index contributed by atoms with van der Waals surface area (Å²) in [6.07, 6.45) is 11.7. The van der Waals surface area contributed by atoms with E-state index in [1.165, 1.54) is 51.4 Å². The van der Waals surface area contributed by atoms with Crippen molar-refractivity contribution >= 4 is 5.78 Å².